The summed E-state index contributed by atoms with van der Waals surface area (Å²) in [6.45, 7) is 0.936. The Labute approximate surface area is 138 Å². The number of aliphatic hydroxyl groups is 1. The van der Waals surface area contributed by atoms with Crippen LogP contribution < -0.4 is 0 Å². The van der Waals surface area contributed by atoms with Gasteiger partial charge < -0.3 is 5.11 Å². The molecule has 0 heterocycles. The summed E-state index contributed by atoms with van der Waals surface area (Å²) in [7, 11) is 0. The fourth-order valence-corrected chi connectivity index (χ4v) is 2.70. The first kappa shape index (κ1) is 20.7. The number of alkyl halides is 11. The summed E-state index contributed by atoms with van der Waals surface area (Å²) in [4.78, 5) is 0. The van der Waals surface area contributed by atoms with Gasteiger partial charge in [-0.25, -0.2) is 4.39 Å². The second-order valence-corrected chi connectivity index (χ2v) is 5.84. The van der Waals surface area contributed by atoms with Gasteiger partial charge in [-0.05, 0) is 18.1 Å². The number of aliphatic hydroxyl groups excluding tert-OH is 1. The van der Waals surface area contributed by atoms with Crippen LogP contribution in [-0.2, 0) is 0 Å². The van der Waals surface area contributed by atoms with Gasteiger partial charge in [0.05, 0.1) is 0 Å². The molecule has 26 heavy (non-hydrogen) atoms. The Balaban J connectivity index is 2.86. The van der Waals surface area contributed by atoms with E-state index in [1.54, 1.807) is 0 Å². The second-order valence-electron chi connectivity index (χ2n) is 5.84. The first-order valence-electron chi connectivity index (χ1n) is 6.74. The highest BCUT2D eigenvalue weighted by atomic mass is 19.4. The first-order valence-corrected chi connectivity index (χ1v) is 6.74. The van der Waals surface area contributed by atoms with Crippen LogP contribution in [0.3, 0.4) is 0 Å². The lowest BCUT2D eigenvalue weighted by Gasteiger charge is -2.53. The summed E-state index contributed by atoms with van der Waals surface area (Å²) >= 11 is 0. The van der Waals surface area contributed by atoms with Crippen LogP contribution in [0.2, 0.25) is 0 Å². The van der Waals surface area contributed by atoms with Crippen molar-refractivity contribution in [3.8, 4) is 0 Å². The highest BCUT2D eigenvalue weighted by molar-refractivity contribution is 5.36. The summed E-state index contributed by atoms with van der Waals surface area (Å²) in [5.41, 5.74) is -8.03. The summed E-state index contributed by atoms with van der Waals surface area (Å²) in [5.74, 6) is -35.9. The Hall–Kier alpha value is -1.59. The van der Waals surface area contributed by atoms with E-state index in [-0.39, 0.29) is 0 Å². The third kappa shape index (κ3) is 1.91. The van der Waals surface area contributed by atoms with Crippen molar-refractivity contribution in [2.45, 2.75) is 48.3 Å². The monoisotopic (exact) mass is 402 g/mol. The first-order chi connectivity index (χ1) is 11.4. The second kappa shape index (κ2) is 5.23. The Morgan fingerprint density at radius 1 is 0.654 bits per heavy atom. The van der Waals surface area contributed by atoms with E-state index in [0.29, 0.717) is 6.07 Å². The molecular weight excluding hydrogens is 393 g/mol. The minimum Gasteiger partial charge on any atom is -0.385 e. The van der Waals surface area contributed by atoms with Crippen molar-refractivity contribution in [3.05, 3.63) is 35.4 Å². The van der Waals surface area contributed by atoms with E-state index in [1.165, 1.54) is 0 Å². The van der Waals surface area contributed by atoms with Gasteiger partial charge in [0.1, 0.15) is 6.10 Å². The number of hydrogen-bond acceptors (Lipinski definition) is 1. The molecule has 1 nitrogen and oxygen atoms in total. The number of benzene rings is 1. The van der Waals surface area contributed by atoms with Crippen molar-refractivity contribution in [1.82, 2.24) is 0 Å². The molecule has 1 atom stereocenters. The van der Waals surface area contributed by atoms with E-state index in [2.05, 4.69) is 0 Å². The van der Waals surface area contributed by atoms with E-state index in [4.69, 9.17) is 0 Å². The molecule has 0 bridgehead atoms. The predicted molar refractivity (Wildman–Crippen MR) is 64.7 cm³/mol. The average molecular weight is 402 g/mol. The molecule has 1 fully saturated rings. The van der Waals surface area contributed by atoms with Crippen LogP contribution in [0.1, 0.15) is 17.2 Å². The average Bonchev–Trinajstić information content (AvgIpc) is 2.51. The van der Waals surface area contributed by atoms with Gasteiger partial charge in [-0.3, -0.25) is 0 Å². The molecule has 12 heteroatoms. The molecule has 1 saturated carbocycles. The number of hydrogen-bond donors (Lipinski definition) is 1. The number of halogens is 11. The van der Waals surface area contributed by atoms with Gasteiger partial charge in [0.2, 0.25) is 0 Å². The minimum atomic E-state index is -7.30. The zero-order valence-corrected chi connectivity index (χ0v) is 12.5. The largest absolute Gasteiger partial charge is 0.385 e. The molecule has 1 aliphatic rings. The van der Waals surface area contributed by atoms with Gasteiger partial charge in [0, 0.05) is 0 Å². The maximum atomic E-state index is 14.7. The van der Waals surface area contributed by atoms with Gasteiger partial charge in [-0.1, -0.05) is 24.3 Å². The molecule has 1 N–H and O–H groups in total. The highest BCUT2D eigenvalue weighted by Gasteiger charge is 3.02. The summed E-state index contributed by atoms with van der Waals surface area (Å²) in [6.07, 6.45) is -3.97. The van der Waals surface area contributed by atoms with Crippen LogP contribution in [-0.4, -0.2) is 40.4 Å². The number of aryl methyl sites for hydroxylation is 1. The van der Waals surface area contributed by atoms with Gasteiger partial charge in [-0.2, -0.15) is 43.9 Å². The van der Waals surface area contributed by atoms with Crippen molar-refractivity contribution in [2.75, 3.05) is 0 Å². The zero-order valence-electron chi connectivity index (χ0n) is 12.5. The molecule has 2 rings (SSSR count). The van der Waals surface area contributed by atoms with Crippen LogP contribution in [0.4, 0.5) is 48.3 Å². The van der Waals surface area contributed by atoms with Gasteiger partial charge in [0.15, 0.2) is 0 Å². The molecule has 0 aliphatic heterocycles. The molecule has 0 aromatic heterocycles. The van der Waals surface area contributed by atoms with Crippen molar-refractivity contribution in [2.24, 2.45) is 0 Å². The van der Waals surface area contributed by atoms with Crippen molar-refractivity contribution in [3.63, 3.8) is 0 Å². The van der Waals surface area contributed by atoms with E-state index in [9.17, 15) is 53.4 Å². The van der Waals surface area contributed by atoms with E-state index in [1.807, 2.05) is 0 Å². The predicted octanol–water partition coefficient (Wildman–Crippen LogP) is 4.93. The van der Waals surface area contributed by atoms with Crippen LogP contribution in [0.25, 0.3) is 0 Å². The third-order valence-electron chi connectivity index (χ3n) is 4.35. The molecule has 148 valence electrons. The molecule has 1 aromatic carbocycles. The lowest BCUT2D eigenvalue weighted by atomic mass is 9.68. The SMILES string of the molecule is Cc1ccccc1C(O)C1(F)C(F)(F)C(F)(F)C(F)(F)C(F)(F)C1(F)F. The van der Waals surface area contributed by atoms with E-state index >= 15 is 0 Å². The van der Waals surface area contributed by atoms with E-state index < -0.39 is 52.5 Å². The van der Waals surface area contributed by atoms with Crippen molar-refractivity contribution >= 4 is 0 Å². The molecule has 0 radical (unpaired) electrons. The Kier molecular flexibility index (Phi) is 4.17. The molecule has 0 saturated heterocycles. The Morgan fingerprint density at radius 3 is 1.38 bits per heavy atom. The fraction of sp³-hybridized carbons (Fsp3) is 0.571. The summed E-state index contributed by atoms with van der Waals surface area (Å²) < 4.78 is 150. The lowest BCUT2D eigenvalue weighted by Crippen LogP contribution is -2.84. The molecule has 0 spiro atoms. The summed E-state index contributed by atoms with van der Waals surface area (Å²) in [5, 5.41) is 9.64. The highest BCUT2D eigenvalue weighted by Crippen LogP contribution is 2.71. The number of rotatable bonds is 2. The van der Waals surface area contributed by atoms with Crippen LogP contribution in [0, 0.1) is 6.92 Å². The zero-order chi connectivity index (χ0) is 20.6. The van der Waals surface area contributed by atoms with Crippen LogP contribution >= 0.6 is 0 Å². The fourth-order valence-electron chi connectivity index (χ4n) is 2.70. The van der Waals surface area contributed by atoms with Gasteiger partial charge >= 0.3 is 29.6 Å². The topological polar surface area (TPSA) is 20.2 Å². The van der Waals surface area contributed by atoms with Crippen molar-refractivity contribution < 1.29 is 53.4 Å². The molecule has 1 aliphatic carbocycles. The molecular formula is C14H9F11O. The Bertz CT molecular complexity index is 683. The summed E-state index contributed by atoms with van der Waals surface area (Å²) in [6, 6.07) is 3.48. The minimum absolute atomic E-state index is 0.410. The van der Waals surface area contributed by atoms with Crippen LogP contribution in [0.15, 0.2) is 24.3 Å². The lowest BCUT2D eigenvalue weighted by molar-refractivity contribution is -0.494. The van der Waals surface area contributed by atoms with Crippen molar-refractivity contribution in [1.29, 1.82) is 0 Å². The maximum Gasteiger partial charge on any atom is 0.384 e. The molecule has 0 amide bonds. The standard InChI is InChI=1S/C14H9F11O/c1-6-4-2-3-5-7(6)8(26)9(15)10(16,17)12(20,21)14(24,25)13(22,23)11(9,18)19/h2-5,8,26H,1H3. The Morgan fingerprint density at radius 2 is 1.00 bits per heavy atom. The molecule has 1 unspecified atom stereocenters. The third-order valence-corrected chi connectivity index (χ3v) is 4.35. The smallest absolute Gasteiger partial charge is 0.384 e. The quantitative estimate of drug-likeness (QED) is 0.696. The maximum absolute atomic E-state index is 14.7. The molecule has 1 aromatic rings. The van der Waals surface area contributed by atoms with Gasteiger partial charge in [-0.15, -0.1) is 0 Å². The van der Waals surface area contributed by atoms with Crippen LogP contribution in [0.5, 0.6) is 0 Å². The van der Waals surface area contributed by atoms with E-state index in [0.717, 1.165) is 25.1 Å². The normalized spacial score (nSPS) is 28.3. The van der Waals surface area contributed by atoms with Gasteiger partial charge in [0.25, 0.3) is 5.67 Å².